The number of aliphatic hydroxyl groups is 1. The number of aryl methyl sites for hydroxylation is 2. The van der Waals surface area contributed by atoms with E-state index in [1.807, 2.05) is 0 Å². The smallest absolute Gasteiger partial charge is 0.362 e. The van der Waals surface area contributed by atoms with Crippen LogP contribution in [0.5, 0.6) is 0 Å². The van der Waals surface area contributed by atoms with Gasteiger partial charge in [-0.3, -0.25) is 0 Å². The van der Waals surface area contributed by atoms with Crippen LogP contribution < -0.4 is 5.01 Å². The molecule has 2 heterocycles. The number of hydrogen-bond acceptors (Lipinski definition) is 5. The molecule has 0 spiro atoms. The Labute approximate surface area is 146 Å². The third-order valence-electron chi connectivity index (χ3n) is 4.56. The number of hydrazone groups is 1. The van der Waals surface area contributed by atoms with Crippen LogP contribution in [0, 0.1) is 0 Å². The van der Waals surface area contributed by atoms with Gasteiger partial charge in [-0.2, -0.15) is 23.3 Å². The Morgan fingerprint density at radius 2 is 1.84 bits per heavy atom. The van der Waals surface area contributed by atoms with Gasteiger partial charge in [0.15, 0.2) is 0 Å². The van der Waals surface area contributed by atoms with E-state index >= 15 is 0 Å². The van der Waals surface area contributed by atoms with Gasteiger partial charge in [-0.1, -0.05) is 41.7 Å². The lowest BCUT2D eigenvalue weighted by molar-refractivity contribution is -0.254. The van der Waals surface area contributed by atoms with E-state index in [4.69, 9.17) is 0 Å². The van der Waals surface area contributed by atoms with Gasteiger partial charge in [0.05, 0.1) is 17.8 Å². The van der Waals surface area contributed by atoms with Crippen LogP contribution in [-0.4, -0.2) is 27.7 Å². The van der Waals surface area contributed by atoms with Crippen LogP contribution in [0.25, 0.3) is 0 Å². The first kappa shape index (κ1) is 16.5. The van der Waals surface area contributed by atoms with Crippen LogP contribution in [0.15, 0.2) is 35.4 Å². The molecule has 0 saturated heterocycles. The molecule has 1 aromatic carbocycles. The number of halogens is 3. The summed E-state index contributed by atoms with van der Waals surface area (Å²) in [6.45, 7) is 0. The highest BCUT2D eigenvalue weighted by Gasteiger charge is 2.62. The fourth-order valence-electron chi connectivity index (χ4n) is 3.19. The summed E-state index contributed by atoms with van der Waals surface area (Å²) in [7, 11) is 0. The second kappa shape index (κ2) is 5.81. The molecule has 132 valence electrons. The van der Waals surface area contributed by atoms with Crippen LogP contribution in [-0.2, 0) is 12.8 Å². The first-order valence-electron chi connectivity index (χ1n) is 8.09. The number of alkyl halides is 3. The molecule has 2 aromatic rings. The monoisotopic (exact) mass is 367 g/mol. The van der Waals surface area contributed by atoms with Gasteiger partial charge in [0.25, 0.3) is 5.72 Å². The molecule has 1 aromatic heterocycles. The number of hydrogen-bond donors (Lipinski definition) is 1. The van der Waals surface area contributed by atoms with Gasteiger partial charge in [0.1, 0.15) is 0 Å². The molecule has 0 fully saturated rings. The fraction of sp³-hybridized carbons (Fsp3) is 0.412. The molecule has 1 aliphatic carbocycles. The van der Waals surface area contributed by atoms with Crippen molar-refractivity contribution in [3.8, 4) is 0 Å². The Morgan fingerprint density at radius 3 is 2.52 bits per heavy atom. The zero-order valence-electron chi connectivity index (χ0n) is 13.3. The molecule has 0 radical (unpaired) electrons. The molecule has 4 nitrogen and oxygen atoms in total. The predicted molar refractivity (Wildman–Crippen MR) is 89.8 cm³/mol. The van der Waals surface area contributed by atoms with Gasteiger partial charge < -0.3 is 5.11 Å². The molecule has 0 bridgehead atoms. The minimum absolute atomic E-state index is 0.109. The van der Waals surface area contributed by atoms with Crippen molar-refractivity contribution >= 4 is 22.2 Å². The summed E-state index contributed by atoms with van der Waals surface area (Å²) in [4.78, 5) is 5.34. The largest absolute Gasteiger partial charge is 0.438 e. The fourth-order valence-corrected chi connectivity index (χ4v) is 4.35. The first-order valence-corrected chi connectivity index (χ1v) is 8.91. The third-order valence-corrected chi connectivity index (χ3v) is 5.69. The SMILES string of the molecule is OC1(C(F)(F)F)CC(c2ccccc2)=NN1c1nc2c(s1)CCCC2. The number of nitrogens with zero attached hydrogens (tertiary/aromatic N) is 3. The molecule has 1 N–H and O–H groups in total. The van der Waals surface area contributed by atoms with Gasteiger partial charge in [-0.25, -0.2) is 4.98 Å². The normalized spacial score (nSPS) is 23.5. The highest BCUT2D eigenvalue weighted by atomic mass is 32.1. The van der Waals surface area contributed by atoms with Crippen molar-refractivity contribution in [1.82, 2.24) is 4.98 Å². The average Bonchev–Trinajstić information content (AvgIpc) is 3.16. The maximum atomic E-state index is 13.7. The highest BCUT2D eigenvalue weighted by Crippen LogP contribution is 2.45. The van der Waals surface area contributed by atoms with Crippen molar-refractivity contribution in [3.63, 3.8) is 0 Å². The standard InChI is InChI=1S/C17H16F3N3OS/c18-17(19,20)16(24)10-13(11-6-2-1-3-7-11)22-23(16)15-21-12-8-4-5-9-14(12)25-15/h1-3,6-7,24H,4-5,8-10H2. The van der Waals surface area contributed by atoms with Gasteiger partial charge in [0, 0.05) is 4.88 Å². The molecule has 2 aliphatic rings. The molecular formula is C17H16F3N3OS. The van der Waals surface area contributed by atoms with Gasteiger partial charge in [-0.05, 0) is 31.2 Å². The van der Waals surface area contributed by atoms with Crippen molar-refractivity contribution in [3.05, 3.63) is 46.5 Å². The minimum Gasteiger partial charge on any atom is -0.362 e. The quantitative estimate of drug-likeness (QED) is 0.876. The van der Waals surface area contributed by atoms with E-state index in [0.29, 0.717) is 10.6 Å². The Kier molecular flexibility index (Phi) is 3.84. The topological polar surface area (TPSA) is 48.7 Å². The van der Waals surface area contributed by atoms with Crippen LogP contribution in [0.2, 0.25) is 0 Å². The van der Waals surface area contributed by atoms with Crippen LogP contribution >= 0.6 is 11.3 Å². The van der Waals surface area contributed by atoms with Crippen LogP contribution in [0.3, 0.4) is 0 Å². The number of aromatic nitrogens is 1. The predicted octanol–water partition coefficient (Wildman–Crippen LogP) is 3.89. The van der Waals surface area contributed by atoms with Crippen molar-refractivity contribution in [2.24, 2.45) is 5.10 Å². The number of rotatable bonds is 2. The molecule has 0 saturated carbocycles. The maximum Gasteiger partial charge on any atom is 0.438 e. The second-order valence-corrected chi connectivity index (χ2v) is 7.35. The van der Waals surface area contributed by atoms with E-state index in [1.54, 1.807) is 30.3 Å². The van der Waals surface area contributed by atoms with E-state index in [9.17, 15) is 18.3 Å². The van der Waals surface area contributed by atoms with E-state index < -0.39 is 18.3 Å². The lowest BCUT2D eigenvalue weighted by Crippen LogP contribution is -2.55. The Hall–Kier alpha value is -1.93. The molecular weight excluding hydrogens is 351 g/mol. The van der Waals surface area contributed by atoms with Crippen molar-refractivity contribution in [2.75, 3.05) is 5.01 Å². The third kappa shape index (κ3) is 2.73. The van der Waals surface area contributed by atoms with Gasteiger partial charge in [-0.15, -0.1) is 0 Å². The lowest BCUT2D eigenvalue weighted by atomic mass is 10.0. The van der Waals surface area contributed by atoms with Crippen LogP contribution in [0.1, 0.15) is 35.4 Å². The molecule has 1 atom stereocenters. The number of benzene rings is 1. The second-order valence-electron chi connectivity index (χ2n) is 6.29. The Morgan fingerprint density at radius 1 is 1.12 bits per heavy atom. The van der Waals surface area contributed by atoms with E-state index in [0.717, 1.165) is 36.3 Å². The molecule has 1 aliphatic heterocycles. The number of anilines is 1. The highest BCUT2D eigenvalue weighted by molar-refractivity contribution is 7.15. The van der Waals surface area contributed by atoms with Crippen molar-refractivity contribution in [1.29, 1.82) is 0 Å². The number of thiazole rings is 1. The van der Waals surface area contributed by atoms with Gasteiger partial charge in [0.2, 0.25) is 5.13 Å². The lowest BCUT2D eigenvalue weighted by Gasteiger charge is -2.32. The molecule has 8 heteroatoms. The molecule has 0 amide bonds. The van der Waals surface area contributed by atoms with E-state index in [2.05, 4.69) is 10.1 Å². The van der Waals surface area contributed by atoms with Crippen molar-refractivity contribution < 1.29 is 18.3 Å². The van der Waals surface area contributed by atoms with E-state index in [-0.39, 0.29) is 10.8 Å². The summed E-state index contributed by atoms with van der Waals surface area (Å²) in [5.74, 6) is 0. The van der Waals surface area contributed by atoms with E-state index in [1.165, 1.54) is 11.3 Å². The minimum atomic E-state index is -4.85. The summed E-state index contributed by atoms with van der Waals surface area (Å²) in [5.41, 5.74) is -1.47. The first-order chi connectivity index (χ1) is 11.9. The average molecular weight is 367 g/mol. The zero-order chi connectivity index (χ0) is 17.7. The Balaban J connectivity index is 1.78. The maximum absolute atomic E-state index is 13.7. The summed E-state index contributed by atoms with van der Waals surface area (Å²) in [6, 6.07) is 8.62. The molecule has 25 heavy (non-hydrogen) atoms. The summed E-state index contributed by atoms with van der Waals surface area (Å²) >= 11 is 1.20. The summed E-state index contributed by atoms with van der Waals surface area (Å²) < 4.78 is 41.0. The zero-order valence-corrected chi connectivity index (χ0v) is 14.1. The molecule has 1 unspecified atom stereocenters. The summed E-state index contributed by atoms with van der Waals surface area (Å²) in [6.07, 6.45) is -1.89. The van der Waals surface area contributed by atoms with Crippen LogP contribution in [0.4, 0.5) is 18.3 Å². The van der Waals surface area contributed by atoms with Crippen molar-refractivity contribution in [2.45, 2.75) is 44.0 Å². The molecule has 4 rings (SSSR count). The number of fused-ring (bicyclic) bond motifs is 1. The summed E-state index contributed by atoms with van der Waals surface area (Å²) in [5, 5.41) is 15.4. The van der Waals surface area contributed by atoms with Gasteiger partial charge >= 0.3 is 6.18 Å². The Bertz CT molecular complexity index is 795.